The summed E-state index contributed by atoms with van der Waals surface area (Å²) in [6.45, 7) is 10.1. The molecule has 3 aliphatic heterocycles. The molecular weight excluding hydrogens is 372 g/mol. The lowest BCUT2D eigenvalue weighted by atomic mass is 10.0. The second-order valence-electron chi connectivity index (χ2n) is 8.82. The number of rotatable bonds is 2. The van der Waals surface area contributed by atoms with E-state index in [1.54, 1.807) is 12.1 Å². The van der Waals surface area contributed by atoms with Gasteiger partial charge in [0.25, 0.3) is 11.8 Å². The predicted molar refractivity (Wildman–Crippen MR) is 107 cm³/mol. The van der Waals surface area contributed by atoms with Crippen LogP contribution in [0.25, 0.3) is 0 Å². The molecule has 2 saturated heterocycles. The monoisotopic (exact) mass is 398 g/mol. The van der Waals surface area contributed by atoms with E-state index in [1.165, 1.54) is 0 Å². The predicted octanol–water partition coefficient (Wildman–Crippen LogP) is 1.01. The highest BCUT2D eigenvalue weighted by atomic mass is 16.2. The standard InChI is InChI=1S/C21H26N4O4/c1-21(2,3)24-10-8-23(9-11-24)13-4-5-14-15(12-13)20(29)25(19(14)28)16-6-7-17(26)22-18(16)27/h4-5,12,16H,6-11H2,1-3H3,(H,22,26,27). The summed E-state index contributed by atoms with van der Waals surface area (Å²) < 4.78 is 0. The van der Waals surface area contributed by atoms with E-state index in [4.69, 9.17) is 0 Å². The average molecular weight is 398 g/mol. The van der Waals surface area contributed by atoms with Gasteiger partial charge in [0.05, 0.1) is 11.1 Å². The maximum absolute atomic E-state index is 13.0. The normalized spacial score (nSPS) is 23.5. The molecule has 0 spiro atoms. The molecule has 4 rings (SSSR count). The van der Waals surface area contributed by atoms with E-state index < -0.39 is 23.8 Å². The lowest BCUT2D eigenvalue weighted by molar-refractivity contribution is -0.136. The van der Waals surface area contributed by atoms with E-state index in [1.807, 2.05) is 6.07 Å². The molecule has 8 heteroatoms. The molecule has 1 unspecified atom stereocenters. The summed E-state index contributed by atoms with van der Waals surface area (Å²) in [6, 6.07) is 4.37. The Hall–Kier alpha value is -2.74. The summed E-state index contributed by atoms with van der Waals surface area (Å²) >= 11 is 0. The number of anilines is 1. The topological polar surface area (TPSA) is 90.0 Å². The van der Waals surface area contributed by atoms with Crippen LogP contribution in [0.1, 0.15) is 54.3 Å². The number of nitrogens with one attached hydrogen (secondary N) is 1. The maximum atomic E-state index is 13.0. The molecule has 29 heavy (non-hydrogen) atoms. The third kappa shape index (κ3) is 3.42. The van der Waals surface area contributed by atoms with Crippen molar-refractivity contribution < 1.29 is 19.2 Å². The molecule has 0 aliphatic carbocycles. The summed E-state index contributed by atoms with van der Waals surface area (Å²) in [7, 11) is 0. The van der Waals surface area contributed by atoms with Crippen LogP contribution in [0.5, 0.6) is 0 Å². The third-order valence-electron chi connectivity index (χ3n) is 6.02. The molecule has 1 aromatic carbocycles. The van der Waals surface area contributed by atoms with Gasteiger partial charge >= 0.3 is 0 Å². The van der Waals surface area contributed by atoms with Crippen LogP contribution in [-0.2, 0) is 9.59 Å². The van der Waals surface area contributed by atoms with Gasteiger partial charge in [0.1, 0.15) is 6.04 Å². The average Bonchev–Trinajstić information content (AvgIpc) is 2.92. The molecule has 1 aromatic rings. The SMILES string of the molecule is CC(C)(C)N1CCN(c2ccc3c(c2)C(=O)N(C2CCC(=O)NC2=O)C3=O)CC1. The Labute approximate surface area is 169 Å². The quantitative estimate of drug-likeness (QED) is 0.748. The van der Waals surface area contributed by atoms with Gasteiger partial charge in [-0.1, -0.05) is 0 Å². The highest BCUT2D eigenvalue weighted by Crippen LogP contribution is 2.31. The summed E-state index contributed by atoms with van der Waals surface area (Å²) in [4.78, 5) is 55.0. The van der Waals surface area contributed by atoms with Crippen molar-refractivity contribution in [2.75, 3.05) is 31.1 Å². The van der Waals surface area contributed by atoms with Gasteiger partial charge < -0.3 is 4.90 Å². The van der Waals surface area contributed by atoms with Crippen molar-refractivity contribution in [3.8, 4) is 0 Å². The lowest BCUT2D eigenvalue weighted by Gasteiger charge is -2.43. The minimum Gasteiger partial charge on any atom is -0.369 e. The van der Waals surface area contributed by atoms with Crippen molar-refractivity contribution in [2.24, 2.45) is 0 Å². The first-order chi connectivity index (χ1) is 13.7. The third-order valence-corrected chi connectivity index (χ3v) is 6.02. The summed E-state index contributed by atoms with van der Waals surface area (Å²) in [5.41, 5.74) is 1.67. The molecular formula is C21H26N4O4. The van der Waals surface area contributed by atoms with Crippen LogP contribution in [-0.4, -0.2) is 71.2 Å². The van der Waals surface area contributed by atoms with Crippen molar-refractivity contribution in [1.82, 2.24) is 15.1 Å². The van der Waals surface area contributed by atoms with Crippen molar-refractivity contribution in [2.45, 2.75) is 45.2 Å². The van der Waals surface area contributed by atoms with Crippen LogP contribution in [0.4, 0.5) is 5.69 Å². The number of carbonyl (C=O) groups is 4. The highest BCUT2D eigenvalue weighted by molar-refractivity contribution is 6.23. The first kappa shape index (κ1) is 19.6. The summed E-state index contributed by atoms with van der Waals surface area (Å²) in [5.74, 6) is -1.90. The number of piperazine rings is 1. The second kappa shape index (κ2) is 6.95. The Kier molecular flexibility index (Phi) is 4.69. The van der Waals surface area contributed by atoms with E-state index in [0.29, 0.717) is 11.1 Å². The van der Waals surface area contributed by atoms with Crippen molar-refractivity contribution in [3.63, 3.8) is 0 Å². The lowest BCUT2D eigenvalue weighted by Crippen LogP contribution is -2.54. The molecule has 3 aliphatic rings. The van der Waals surface area contributed by atoms with Crippen LogP contribution in [0.2, 0.25) is 0 Å². The fourth-order valence-corrected chi connectivity index (χ4v) is 4.29. The van der Waals surface area contributed by atoms with E-state index >= 15 is 0 Å². The van der Waals surface area contributed by atoms with E-state index in [0.717, 1.165) is 36.8 Å². The van der Waals surface area contributed by atoms with Crippen LogP contribution in [0.15, 0.2) is 18.2 Å². The highest BCUT2D eigenvalue weighted by Gasteiger charge is 2.44. The van der Waals surface area contributed by atoms with Gasteiger partial charge in [0.15, 0.2) is 0 Å². The molecule has 0 saturated carbocycles. The minimum absolute atomic E-state index is 0.118. The molecule has 8 nitrogen and oxygen atoms in total. The maximum Gasteiger partial charge on any atom is 0.262 e. The Morgan fingerprint density at radius 2 is 1.59 bits per heavy atom. The number of fused-ring (bicyclic) bond motifs is 1. The Morgan fingerprint density at radius 3 is 2.21 bits per heavy atom. The van der Waals surface area contributed by atoms with Gasteiger partial charge in [-0.2, -0.15) is 0 Å². The van der Waals surface area contributed by atoms with Gasteiger partial charge in [0.2, 0.25) is 11.8 Å². The molecule has 154 valence electrons. The number of piperidine rings is 1. The minimum atomic E-state index is -0.932. The second-order valence-corrected chi connectivity index (χ2v) is 8.82. The van der Waals surface area contributed by atoms with Gasteiger partial charge in [-0.15, -0.1) is 0 Å². The molecule has 1 N–H and O–H groups in total. The molecule has 1 atom stereocenters. The Balaban J connectivity index is 1.53. The van der Waals surface area contributed by atoms with Gasteiger partial charge in [-0.05, 0) is 45.4 Å². The van der Waals surface area contributed by atoms with Crippen LogP contribution < -0.4 is 10.2 Å². The fourth-order valence-electron chi connectivity index (χ4n) is 4.29. The van der Waals surface area contributed by atoms with Crippen molar-refractivity contribution >= 4 is 29.3 Å². The first-order valence-electron chi connectivity index (χ1n) is 10.0. The largest absolute Gasteiger partial charge is 0.369 e. The van der Waals surface area contributed by atoms with E-state index in [9.17, 15) is 19.2 Å². The Morgan fingerprint density at radius 1 is 0.931 bits per heavy atom. The van der Waals surface area contributed by atoms with Crippen LogP contribution >= 0.6 is 0 Å². The molecule has 0 radical (unpaired) electrons. The van der Waals surface area contributed by atoms with E-state index in [-0.39, 0.29) is 24.3 Å². The summed E-state index contributed by atoms with van der Waals surface area (Å²) in [6.07, 6.45) is 0.283. The zero-order valence-electron chi connectivity index (χ0n) is 17.0. The van der Waals surface area contributed by atoms with Gasteiger partial charge in [-0.25, -0.2) is 0 Å². The zero-order valence-corrected chi connectivity index (χ0v) is 17.0. The number of hydrogen-bond donors (Lipinski definition) is 1. The number of carbonyl (C=O) groups excluding carboxylic acids is 4. The van der Waals surface area contributed by atoms with Crippen LogP contribution in [0.3, 0.4) is 0 Å². The molecule has 3 heterocycles. The smallest absolute Gasteiger partial charge is 0.262 e. The summed E-state index contributed by atoms with van der Waals surface area (Å²) in [5, 5.41) is 2.22. The van der Waals surface area contributed by atoms with Crippen molar-refractivity contribution in [3.05, 3.63) is 29.3 Å². The van der Waals surface area contributed by atoms with Gasteiger partial charge in [0, 0.05) is 43.8 Å². The number of imide groups is 2. The fraction of sp³-hybridized carbons (Fsp3) is 0.524. The number of nitrogens with zero attached hydrogens (tertiary/aromatic N) is 3. The molecule has 0 aromatic heterocycles. The zero-order chi connectivity index (χ0) is 20.9. The first-order valence-corrected chi connectivity index (χ1v) is 10.0. The molecule has 4 amide bonds. The molecule has 0 bridgehead atoms. The molecule has 2 fully saturated rings. The van der Waals surface area contributed by atoms with Crippen LogP contribution in [0, 0.1) is 0 Å². The van der Waals surface area contributed by atoms with Crippen molar-refractivity contribution in [1.29, 1.82) is 0 Å². The number of hydrogen-bond acceptors (Lipinski definition) is 6. The van der Waals surface area contributed by atoms with E-state index in [2.05, 4.69) is 35.9 Å². The Bertz CT molecular complexity index is 896. The van der Waals surface area contributed by atoms with Gasteiger partial charge in [-0.3, -0.25) is 34.3 Å². The number of amides is 4. The number of benzene rings is 1.